The van der Waals surface area contributed by atoms with Crippen LogP contribution in [0.4, 0.5) is 11.6 Å². The van der Waals surface area contributed by atoms with Crippen molar-refractivity contribution in [1.29, 1.82) is 0 Å². The normalized spacial score (nSPS) is 14.7. The number of aromatic nitrogens is 4. The average Bonchev–Trinajstić information content (AvgIpc) is 2.67. The van der Waals surface area contributed by atoms with Gasteiger partial charge in [-0.25, -0.2) is 19.9 Å². The van der Waals surface area contributed by atoms with E-state index in [9.17, 15) is 0 Å². The molecule has 0 unspecified atom stereocenters. The molecular formula is C19H22N6O. The molecule has 0 amide bonds. The van der Waals surface area contributed by atoms with Crippen LogP contribution in [-0.2, 0) is 0 Å². The van der Waals surface area contributed by atoms with Gasteiger partial charge in [0.05, 0.1) is 12.6 Å². The number of anilines is 2. The zero-order valence-corrected chi connectivity index (χ0v) is 15.3. The highest BCUT2D eigenvalue weighted by Crippen LogP contribution is 2.28. The number of piperazine rings is 1. The lowest BCUT2D eigenvalue weighted by Gasteiger charge is -2.36. The first-order chi connectivity index (χ1) is 12.6. The summed E-state index contributed by atoms with van der Waals surface area (Å²) in [7, 11) is 1.68. The van der Waals surface area contributed by atoms with Crippen LogP contribution in [0.15, 0.2) is 30.5 Å². The summed E-state index contributed by atoms with van der Waals surface area (Å²) in [6.07, 6.45) is 1.82. The van der Waals surface area contributed by atoms with E-state index >= 15 is 0 Å². The van der Waals surface area contributed by atoms with Crippen LogP contribution in [0.2, 0.25) is 0 Å². The van der Waals surface area contributed by atoms with Gasteiger partial charge in [-0.15, -0.1) is 0 Å². The van der Waals surface area contributed by atoms with Gasteiger partial charge < -0.3 is 14.5 Å². The number of benzene rings is 1. The molecule has 0 saturated carbocycles. The van der Waals surface area contributed by atoms with Crippen LogP contribution in [0.5, 0.6) is 5.75 Å². The van der Waals surface area contributed by atoms with E-state index in [1.807, 2.05) is 44.3 Å². The molecule has 7 nitrogen and oxygen atoms in total. The molecule has 3 heterocycles. The summed E-state index contributed by atoms with van der Waals surface area (Å²) in [5, 5.41) is 1.03. The molecule has 2 aromatic heterocycles. The molecule has 7 heteroatoms. The van der Waals surface area contributed by atoms with Crippen molar-refractivity contribution >= 4 is 22.5 Å². The van der Waals surface area contributed by atoms with Gasteiger partial charge >= 0.3 is 0 Å². The van der Waals surface area contributed by atoms with Gasteiger partial charge in [-0.3, -0.25) is 0 Å². The largest absolute Gasteiger partial charge is 0.497 e. The van der Waals surface area contributed by atoms with Crippen molar-refractivity contribution in [1.82, 2.24) is 19.9 Å². The third-order valence-corrected chi connectivity index (χ3v) is 4.66. The Kier molecular flexibility index (Phi) is 4.28. The molecule has 1 saturated heterocycles. The second-order valence-corrected chi connectivity index (χ2v) is 6.41. The molecule has 1 aliphatic heterocycles. The number of aryl methyl sites for hydroxylation is 2. The first-order valence-corrected chi connectivity index (χ1v) is 8.76. The van der Waals surface area contributed by atoms with Gasteiger partial charge in [0.2, 0.25) is 0 Å². The SMILES string of the molecule is COc1ccc2nc(C)nc(N3CCN(c4ccnc(C)n4)CC3)c2c1. The summed E-state index contributed by atoms with van der Waals surface area (Å²) in [6.45, 7) is 7.41. The van der Waals surface area contributed by atoms with Gasteiger partial charge in [0.1, 0.15) is 29.0 Å². The van der Waals surface area contributed by atoms with E-state index in [2.05, 4.69) is 24.8 Å². The lowest BCUT2D eigenvalue weighted by molar-refractivity contribution is 0.415. The number of ether oxygens (including phenoxy) is 1. The van der Waals surface area contributed by atoms with Crippen LogP contribution in [0.3, 0.4) is 0 Å². The maximum absolute atomic E-state index is 5.38. The van der Waals surface area contributed by atoms with E-state index in [0.29, 0.717) is 0 Å². The molecule has 0 atom stereocenters. The lowest BCUT2D eigenvalue weighted by Crippen LogP contribution is -2.47. The quantitative estimate of drug-likeness (QED) is 0.718. The molecular weight excluding hydrogens is 328 g/mol. The van der Waals surface area contributed by atoms with Crippen molar-refractivity contribution in [2.24, 2.45) is 0 Å². The van der Waals surface area contributed by atoms with Crippen LogP contribution in [-0.4, -0.2) is 53.2 Å². The highest BCUT2D eigenvalue weighted by molar-refractivity contribution is 5.90. The molecule has 134 valence electrons. The minimum atomic E-state index is 0.784. The van der Waals surface area contributed by atoms with Crippen LogP contribution < -0.4 is 14.5 Å². The minimum Gasteiger partial charge on any atom is -0.497 e. The summed E-state index contributed by atoms with van der Waals surface area (Å²) in [5.74, 6) is 4.37. The number of hydrogen-bond donors (Lipinski definition) is 0. The smallest absolute Gasteiger partial charge is 0.140 e. The van der Waals surface area contributed by atoms with Crippen molar-refractivity contribution in [2.45, 2.75) is 13.8 Å². The number of hydrogen-bond acceptors (Lipinski definition) is 7. The van der Waals surface area contributed by atoms with Crippen LogP contribution in [0, 0.1) is 13.8 Å². The fourth-order valence-electron chi connectivity index (χ4n) is 3.34. The number of rotatable bonds is 3. The highest BCUT2D eigenvalue weighted by atomic mass is 16.5. The zero-order chi connectivity index (χ0) is 18.1. The maximum Gasteiger partial charge on any atom is 0.140 e. The standard InChI is InChI=1S/C19H22N6O/c1-13-20-7-6-18(22-13)24-8-10-25(11-9-24)19-16-12-15(26-3)4-5-17(16)21-14(2)23-19/h4-7,12H,8-11H2,1-3H3. The Morgan fingerprint density at radius 3 is 2.38 bits per heavy atom. The Bertz CT molecular complexity index is 936. The van der Waals surface area contributed by atoms with Crippen LogP contribution >= 0.6 is 0 Å². The Balaban J connectivity index is 1.61. The van der Waals surface area contributed by atoms with E-state index in [1.165, 1.54) is 0 Å². The van der Waals surface area contributed by atoms with Crippen molar-refractivity contribution < 1.29 is 4.74 Å². The summed E-state index contributed by atoms with van der Waals surface area (Å²) < 4.78 is 5.38. The number of nitrogens with zero attached hydrogens (tertiary/aromatic N) is 6. The van der Waals surface area contributed by atoms with Gasteiger partial charge in [-0.2, -0.15) is 0 Å². The first kappa shape index (κ1) is 16.5. The van der Waals surface area contributed by atoms with Crippen LogP contribution in [0.1, 0.15) is 11.6 Å². The molecule has 4 rings (SSSR count). The van der Waals surface area contributed by atoms with Crippen molar-refractivity contribution in [2.75, 3.05) is 43.1 Å². The minimum absolute atomic E-state index is 0.784. The van der Waals surface area contributed by atoms with Crippen LogP contribution in [0.25, 0.3) is 10.9 Å². The van der Waals surface area contributed by atoms with Gasteiger partial charge in [0.25, 0.3) is 0 Å². The lowest BCUT2D eigenvalue weighted by atomic mass is 10.2. The molecule has 3 aromatic rings. The maximum atomic E-state index is 5.38. The second kappa shape index (κ2) is 6.74. The summed E-state index contributed by atoms with van der Waals surface area (Å²) in [4.78, 5) is 22.6. The zero-order valence-electron chi connectivity index (χ0n) is 15.3. The molecule has 0 bridgehead atoms. The summed E-state index contributed by atoms with van der Waals surface area (Å²) >= 11 is 0. The topological polar surface area (TPSA) is 67.3 Å². The third kappa shape index (κ3) is 3.12. The molecule has 26 heavy (non-hydrogen) atoms. The number of fused-ring (bicyclic) bond motifs is 1. The molecule has 0 radical (unpaired) electrons. The molecule has 1 aliphatic rings. The Morgan fingerprint density at radius 1 is 0.885 bits per heavy atom. The highest BCUT2D eigenvalue weighted by Gasteiger charge is 2.21. The Labute approximate surface area is 152 Å². The summed E-state index contributed by atoms with van der Waals surface area (Å²) in [5.41, 5.74) is 0.946. The molecule has 0 aliphatic carbocycles. The first-order valence-electron chi connectivity index (χ1n) is 8.76. The van der Waals surface area contributed by atoms with Gasteiger partial charge in [0, 0.05) is 37.8 Å². The Hall–Kier alpha value is -2.96. The predicted octanol–water partition coefficient (Wildman–Crippen LogP) is 2.37. The van der Waals surface area contributed by atoms with E-state index in [4.69, 9.17) is 9.72 Å². The second-order valence-electron chi connectivity index (χ2n) is 6.41. The third-order valence-electron chi connectivity index (χ3n) is 4.66. The van der Waals surface area contributed by atoms with E-state index < -0.39 is 0 Å². The monoisotopic (exact) mass is 350 g/mol. The van der Waals surface area contributed by atoms with E-state index in [-0.39, 0.29) is 0 Å². The van der Waals surface area contributed by atoms with Gasteiger partial charge in [-0.05, 0) is 38.1 Å². The predicted molar refractivity (Wildman–Crippen MR) is 102 cm³/mol. The van der Waals surface area contributed by atoms with Gasteiger partial charge in [0.15, 0.2) is 0 Å². The van der Waals surface area contributed by atoms with E-state index in [1.54, 1.807) is 7.11 Å². The molecule has 1 aromatic carbocycles. The average molecular weight is 350 g/mol. The van der Waals surface area contributed by atoms with Crippen molar-refractivity contribution in [3.8, 4) is 5.75 Å². The Morgan fingerprint density at radius 2 is 1.65 bits per heavy atom. The van der Waals surface area contributed by atoms with E-state index in [0.717, 1.165) is 66.1 Å². The molecule has 0 spiro atoms. The van der Waals surface area contributed by atoms with Crippen molar-refractivity contribution in [3.63, 3.8) is 0 Å². The fraction of sp³-hybridized carbons (Fsp3) is 0.368. The van der Waals surface area contributed by atoms with Crippen molar-refractivity contribution in [3.05, 3.63) is 42.1 Å². The summed E-state index contributed by atoms with van der Waals surface area (Å²) in [6, 6.07) is 7.92. The van der Waals surface area contributed by atoms with Gasteiger partial charge in [-0.1, -0.05) is 0 Å². The fourth-order valence-corrected chi connectivity index (χ4v) is 3.34. The molecule has 0 N–H and O–H groups in total. The number of methoxy groups -OCH3 is 1. The molecule has 1 fully saturated rings.